The molecule has 1 rings (SSSR count). The van der Waals surface area contributed by atoms with Gasteiger partial charge in [0, 0.05) is 15.3 Å². The standard InChI is InChI=1S/C5H7BIN3O3/c6-4-2(11)3(12)5(1-7,13-4)9-10-8/h2-4,11-12H,1H2/t2-,3+,4-,5+/m1/s1. The van der Waals surface area contributed by atoms with Crippen LogP contribution < -0.4 is 0 Å². The number of aliphatic hydroxyl groups excluding tert-OH is 2. The summed E-state index contributed by atoms with van der Waals surface area (Å²) in [5.41, 5.74) is 6.82. The first-order valence-corrected chi connectivity index (χ1v) is 5.01. The third kappa shape index (κ3) is 1.77. The van der Waals surface area contributed by atoms with E-state index in [9.17, 15) is 10.2 Å². The maximum absolute atomic E-state index is 9.48. The van der Waals surface area contributed by atoms with Crippen LogP contribution in [0.4, 0.5) is 0 Å². The van der Waals surface area contributed by atoms with E-state index in [0.717, 1.165) is 0 Å². The molecule has 0 aliphatic carbocycles. The van der Waals surface area contributed by atoms with Gasteiger partial charge in [-0.25, -0.2) is 0 Å². The largest absolute Gasteiger partial charge is 0.388 e. The summed E-state index contributed by atoms with van der Waals surface area (Å²) in [7, 11) is 5.33. The molecule has 8 heteroatoms. The molecule has 70 valence electrons. The van der Waals surface area contributed by atoms with E-state index in [-0.39, 0.29) is 4.43 Å². The molecule has 2 N–H and O–H groups in total. The van der Waals surface area contributed by atoms with E-state index in [1.54, 1.807) is 0 Å². The number of aliphatic hydroxyl groups is 2. The van der Waals surface area contributed by atoms with Gasteiger partial charge < -0.3 is 14.9 Å². The summed E-state index contributed by atoms with van der Waals surface area (Å²) in [5, 5.41) is 22.1. The number of azide groups is 1. The van der Waals surface area contributed by atoms with Gasteiger partial charge in [-0.3, -0.25) is 0 Å². The van der Waals surface area contributed by atoms with E-state index in [2.05, 4.69) is 10.0 Å². The second-order valence-corrected chi connectivity index (χ2v) is 3.45. The molecule has 0 aromatic rings. The quantitative estimate of drug-likeness (QED) is 0.182. The second-order valence-electron chi connectivity index (χ2n) is 2.69. The van der Waals surface area contributed by atoms with E-state index in [1.165, 1.54) is 0 Å². The summed E-state index contributed by atoms with van der Waals surface area (Å²) >= 11 is 1.88. The zero-order chi connectivity index (χ0) is 10.1. The Morgan fingerprint density at radius 3 is 2.62 bits per heavy atom. The van der Waals surface area contributed by atoms with E-state index in [0.29, 0.717) is 0 Å². The Bertz CT molecular complexity index is 249. The molecule has 13 heavy (non-hydrogen) atoms. The van der Waals surface area contributed by atoms with Crippen molar-refractivity contribution in [1.82, 2.24) is 0 Å². The molecule has 1 fully saturated rings. The van der Waals surface area contributed by atoms with Gasteiger partial charge in [0.1, 0.15) is 20.1 Å². The van der Waals surface area contributed by atoms with Gasteiger partial charge in [0.25, 0.3) is 0 Å². The molecule has 2 radical (unpaired) electrons. The summed E-state index contributed by atoms with van der Waals surface area (Å²) < 4.78 is 5.24. The van der Waals surface area contributed by atoms with Crippen LogP contribution >= 0.6 is 22.6 Å². The Labute approximate surface area is 89.4 Å². The minimum absolute atomic E-state index is 0.223. The Balaban J connectivity index is 2.95. The van der Waals surface area contributed by atoms with Gasteiger partial charge in [-0.1, -0.05) is 27.7 Å². The van der Waals surface area contributed by atoms with Gasteiger partial charge in [0.15, 0.2) is 5.72 Å². The number of hydrogen-bond acceptors (Lipinski definition) is 4. The summed E-state index contributed by atoms with van der Waals surface area (Å²) in [5.74, 6) is 0. The Morgan fingerprint density at radius 1 is 1.69 bits per heavy atom. The normalized spacial score (nSPS) is 44.4. The molecule has 4 atom stereocenters. The molecule has 0 spiro atoms. The molecule has 0 unspecified atom stereocenters. The lowest BCUT2D eigenvalue weighted by Crippen LogP contribution is -2.42. The van der Waals surface area contributed by atoms with Crippen LogP contribution in [-0.2, 0) is 4.74 Å². The fourth-order valence-electron chi connectivity index (χ4n) is 1.12. The van der Waals surface area contributed by atoms with Crippen molar-refractivity contribution in [3.63, 3.8) is 0 Å². The van der Waals surface area contributed by atoms with Crippen LogP contribution in [0.5, 0.6) is 0 Å². The van der Waals surface area contributed by atoms with Gasteiger partial charge in [0.05, 0.1) is 0 Å². The highest BCUT2D eigenvalue weighted by Gasteiger charge is 2.51. The van der Waals surface area contributed by atoms with Crippen molar-refractivity contribution >= 4 is 30.4 Å². The van der Waals surface area contributed by atoms with Crippen molar-refractivity contribution in [2.45, 2.75) is 23.9 Å². The third-order valence-electron chi connectivity index (χ3n) is 1.87. The van der Waals surface area contributed by atoms with E-state index in [4.69, 9.17) is 18.1 Å². The molecule has 1 aliphatic heterocycles. The van der Waals surface area contributed by atoms with Gasteiger partial charge >= 0.3 is 0 Å². The minimum Gasteiger partial charge on any atom is -0.388 e. The lowest BCUT2D eigenvalue weighted by Gasteiger charge is -2.23. The monoisotopic (exact) mass is 295 g/mol. The van der Waals surface area contributed by atoms with Crippen molar-refractivity contribution in [1.29, 1.82) is 0 Å². The highest BCUT2D eigenvalue weighted by molar-refractivity contribution is 14.1. The van der Waals surface area contributed by atoms with Crippen molar-refractivity contribution in [2.75, 3.05) is 4.43 Å². The molecule has 0 amide bonds. The van der Waals surface area contributed by atoms with Crippen molar-refractivity contribution in [3.8, 4) is 0 Å². The van der Waals surface area contributed by atoms with Crippen molar-refractivity contribution < 1.29 is 14.9 Å². The Hall–Kier alpha value is -0.0151. The first-order valence-electron chi connectivity index (χ1n) is 3.49. The number of hydrogen-bond donors (Lipinski definition) is 2. The molecule has 1 saturated heterocycles. The summed E-state index contributed by atoms with van der Waals surface area (Å²) in [6.07, 6.45) is -2.50. The molecule has 1 aliphatic rings. The Kier molecular flexibility index (Phi) is 3.41. The maximum atomic E-state index is 9.48. The molecular weight excluding hydrogens is 288 g/mol. The van der Waals surface area contributed by atoms with Crippen LogP contribution in [0, 0.1) is 0 Å². The van der Waals surface area contributed by atoms with Crippen LogP contribution in [0.1, 0.15) is 0 Å². The van der Waals surface area contributed by atoms with Gasteiger partial charge in [-0.15, -0.1) is 0 Å². The zero-order valence-electron chi connectivity index (χ0n) is 6.54. The van der Waals surface area contributed by atoms with Crippen molar-refractivity contribution in [2.24, 2.45) is 5.11 Å². The van der Waals surface area contributed by atoms with Crippen LogP contribution in [0.25, 0.3) is 10.4 Å². The Morgan fingerprint density at radius 2 is 2.31 bits per heavy atom. The highest BCUT2D eigenvalue weighted by Crippen LogP contribution is 2.33. The molecule has 0 saturated carbocycles. The van der Waals surface area contributed by atoms with Crippen LogP contribution in [0.3, 0.4) is 0 Å². The SMILES string of the molecule is [B][C@@H]1O[C@](CI)(N=[N+]=[N-])[C@@H](O)[C@H]1O. The topological polar surface area (TPSA) is 98.5 Å². The summed E-state index contributed by atoms with van der Waals surface area (Å²) in [6, 6.07) is -1.02. The minimum atomic E-state index is -1.44. The highest BCUT2D eigenvalue weighted by atomic mass is 127. The number of nitrogens with zero attached hydrogens (tertiary/aromatic N) is 3. The molecule has 0 aromatic carbocycles. The molecule has 1 heterocycles. The van der Waals surface area contributed by atoms with Crippen molar-refractivity contribution in [3.05, 3.63) is 10.4 Å². The first kappa shape index (κ1) is 11.1. The summed E-state index contributed by atoms with van der Waals surface area (Å²) in [6.45, 7) is 0. The van der Waals surface area contributed by atoms with E-state index >= 15 is 0 Å². The predicted molar refractivity (Wildman–Crippen MR) is 53.4 cm³/mol. The molecule has 0 bridgehead atoms. The smallest absolute Gasteiger partial charge is 0.183 e. The third-order valence-corrected chi connectivity index (χ3v) is 2.96. The van der Waals surface area contributed by atoms with Gasteiger partial charge in [-0.2, -0.15) is 0 Å². The summed E-state index contributed by atoms with van der Waals surface area (Å²) in [4.78, 5) is 2.55. The predicted octanol–water partition coefficient (Wildman–Crippen LogP) is -0.325. The number of ether oxygens (including phenoxy) is 1. The van der Waals surface area contributed by atoms with Crippen LogP contribution in [-0.4, -0.2) is 46.4 Å². The van der Waals surface area contributed by atoms with E-state index < -0.39 is 23.9 Å². The molecular formula is C5H7BIN3O3. The van der Waals surface area contributed by atoms with Crippen LogP contribution in [0.15, 0.2) is 5.11 Å². The molecule has 6 nitrogen and oxygen atoms in total. The van der Waals surface area contributed by atoms with Gasteiger partial charge in [-0.05, 0) is 5.53 Å². The van der Waals surface area contributed by atoms with E-state index in [1.807, 2.05) is 22.6 Å². The lowest BCUT2D eigenvalue weighted by molar-refractivity contribution is -0.0444. The first-order chi connectivity index (χ1) is 6.07. The molecule has 0 aromatic heterocycles. The average molecular weight is 295 g/mol. The fourth-order valence-corrected chi connectivity index (χ4v) is 1.90. The average Bonchev–Trinajstić information content (AvgIpc) is 2.32. The fraction of sp³-hybridized carbons (Fsp3) is 1.00. The maximum Gasteiger partial charge on any atom is 0.183 e. The number of alkyl halides is 1. The number of halogens is 1. The van der Waals surface area contributed by atoms with Crippen LogP contribution in [0.2, 0.25) is 0 Å². The van der Waals surface area contributed by atoms with Gasteiger partial charge in [0.2, 0.25) is 0 Å². The second kappa shape index (κ2) is 4.01. The zero-order valence-corrected chi connectivity index (χ0v) is 8.70. The number of rotatable bonds is 2. The lowest BCUT2D eigenvalue weighted by atomic mass is 9.92.